The second-order valence-electron chi connectivity index (χ2n) is 5.97. The first-order chi connectivity index (χ1) is 13.2. The van der Waals surface area contributed by atoms with E-state index < -0.39 is 0 Å². The number of hydrogen-bond donors (Lipinski definition) is 1. The van der Waals surface area contributed by atoms with Gasteiger partial charge in [-0.25, -0.2) is 4.98 Å². The van der Waals surface area contributed by atoms with E-state index in [9.17, 15) is 4.79 Å². The van der Waals surface area contributed by atoms with Crippen LogP contribution in [-0.4, -0.2) is 25.7 Å². The van der Waals surface area contributed by atoms with Crippen LogP contribution in [0.2, 0.25) is 0 Å². The number of aromatic nitrogens is 4. The molecule has 0 fully saturated rings. The SMILES string of the molecule is Cn1nc(-c2cccnc2)cc1CNC(=O)c1csc(-c2ccccc2)n1. The zero-order valence-electron chi connectivity index (χ0n) is 14.7. The molecule has 0 atom stereocenters. The normalized spacial score (nSPS) is 10.7. The van der Waals surface area contributed by atoms with Gasteiger partial charge in [-0.05, 0) is 18.2 Å². The monoisotopic (exact) mass is 375 g/mol. The van der Waals surface area contributed by atoms with E-state index in [2.05, 4.69) is 20.4 Å². The molecule has 0 aliphatic carbocycles. The van der Waals surface area contributed by atoms with E-state index >= 15 is 0 Å². The second kappa shape index (κ2) is 7.51. The van der Waals surface area contributed by atoms with Gasteiger partial charge < -0.3 is 5.32 Å². The molecule has 0 saturated heterocycles. The summed E-state index contributed by atoms with van der Waals surface area (Å²) in [5.74, 6) is -0.197. The summed E-state index contributed by atoms with van der Waals surface area (Å²) < 4.78 is 1.76. The number of carbonyl (C=O) groups excluding carboxylic acids is 1. The highest BCUT2D eigenvalue weighted by Crippen LogP contribution is 2.23. The molecule has 4 aromatic rings. The number of aryl methyl sites for hydroxylation is 1. The van der Waals surface area contributed by atoms with Crippen molar-refractivity contribution in [2.24, 2.45) is 7.05 Å². The first-order valence-corrected chi connectivity index (χ1v) is 9.31. The number of pyridine rings is 1. The van der Waals surface area contributed by atoms with Gasteiger partial charge >= 0.3 is 0 Å². The average molecular weight is 375 g/mol. The molecule has 3 heterocycles. The van der Waals surface area contributed by atoms with E-state index in [1.165, 1.54) is 11.3 Å². The summed E-state index contributed by atoms with van der Waals surface area (Å²) in [7, 11) is 1.86. The lowest BCUT2D eigenvalue weighted by atomic mass is 10.2. The fourth-order valence-corrected chi connectivity index (χ4v) is 3.49. The van der Waals surface area contributed by atoms with E-state index in [0.717, 1.165) is 27.5 Å². The van der Waals surface area contributed by atoms with Crippen LogP contribution in [0, 0.1) is 0 Å². The Morgan fingerprint density at radius 3 is 2.74 bits per heavy atom. The van der Waals surface area contributed by atoms with Gasteiger partial charge in [-0.15, -0.1) is 11.3 Å². The molecular formula is C20H17N5OS. The molecule has 7 heteroatoms. The number of nitrogens with one attached hydrogen (secondary N) is 1. The summed E-state index contributed by atoms with van der Waals surface area (Å²) in [5, 5.41) is 10.0. The van der Waals surface area contributed by atoms with Crippen LogP contribution in [0.3, 0.4) is 0 Å². The maximum absolute atomic E-state index is 12.4. The van der Waals surface area contributed by atoms with Crippen molar-refractivity contribution in [2.45, 2.75) is 6.54 Å². The highest BCUT2D eigenvalue weighted by atomic mass is 32.1. The fourth-order valence-electron chi connectivity index (χ4n) is 2.68. The Morgan fingerprint density at radius 1 is 1.15 bits per heavy atom. The van der Waals surface area contributed by atoms with Gasteiger partial charge in [-0.1, -0.05) is 30.3 Å². The highest BCUT2D eigenvalue weighted by molar-refractivity contribution is 7.13. The van der Waals surface area contributed by atoms with E-state index in [-0.39, 0.29) is 5.91 Å². The van der Waals surface area contributed by atoms with Crippen LogP contribution >= 0.6 is 11.3 Å². The van der Waals surface area contributed by atoms with Crippen molar-refractivity contribution in [3.05, 3.63) is 77.7 Å². The highest BCUT2D eigenvalue weighted by Gasteiger charge is 2.13. The van der Waals surface area contributed by atoms with Crippen molar-refractivity contribution in [3.63, 3.8) is 0 Å². The molecule has 0 spiro atoms. The third kappa shape index (κ3) is 3.78. The lowest BCUT2D eigenvalue weighted by Crippen LogP contribution is -2.24. The summed E-state index contributed by atoms with van der Waals surface area (Å²) in [5.41, 5.74) is 4.11. The van der Waals surface area contributed by atoms with Gasteiger partial charge in [-0.3, -0.25) is 14.5 Å². The Kier molecular flexibility index (Phi) is 4.76. The number of thiazole rings is 1. The summed E-state index contributed by atoms with van der Waals surface area (Å²) in [6.07, 6.45) is 3.50. The van der Waals surface area contributed by atoms with Gasteiger partial charge in [0.1, 0.15) is 10.7 Å². The Labute approximate surface area is 160 Å². The van der Waals surface area contributed by atoms with Crippen LogP contribution in [0.1, 0.15) is 16.2 Å². The zero-order valence-corrected chi connectivity index (χ0v) is 15.5. The summed E-state index contributed by atoms with van der Waals surface area (Å²) in [4.78, 5) is 21.0. The van der Waals surface area contributed by atoms with Gasteiger partial charge in [-0.2, -0.15) is 5.10 Å². The topological polar surface area (TPSA) is 72.7 Å². The maximum atomic E-state index is 12.4. The zero-order chi connectivity index (χ0) is 18.6. The van der Waals surface area contributed by atoms with Crippen molar-refractivity contribution in [1.82, 2.24) is 25.1 Å². The van der Waals surface area contributed by atoms with Crippen LogP contribution in [0.5, 0.6) is 0 Å². The molecule has 0 aliphatic heterocycles. The van der Waals surface area contributed by atoms with Gasteiger partial charge in [0.05, 0.1) is 17.9 Å². The fraction of sp³-hybridized carbons (Fsp3) is 0.100. The Balaban J connectivity index is 1.44. The lowest BCUT2D eigenvalue weighted by Gasteiger charge is -2.03. The number of nitrogens with zero attached hydrogens (tertiary/aromatic N) is 4. The molecule has 1 amide bonds. The second-order valence-corrected chi connectivity index (χ2v) is 6.83. The van der Waals surface area contributed by atoms with Crippen LogP contribution in [0.4, 0.5) is 0 Å². The van der Waals surface area contributed by atoms with Crippen molar-refractivity contribution >= 4 is 17.2 Å². The minimum atomic E-state index is -0.197. The van der Waals surface area contributed by atoms with E-state index in [1.54, 1.807) is 22.5 Å². The first-order valence-electron chi connectivity index (χ1n) is 8.43. The molecule has 3 aromatic heterocycles. The Morgan fingerprint density at radius 2 is 1.96 bits per heavy atom. The predicted octanol–water partition coefficient (Wildman–Crippen LogP) is 3.54. The van der Waals surface area contributed by atoms with Crippen molar-refractivity contribution in [2.75, 3.05) is 0 Å². The molecular weight excluding hydrogens is 358 g/mol. The van der Waals surface area contributed by atoms with Crippen LogP contribution in [0.15, 0.2) is 66.3 Å². The van der Waals surface area contributed by atoms with Crippen molar-refractivity contribution in [1.29, 1.82) is 0 Å². The quantitative estimate of drug-likeness (QED) is 0.579. The molecule has 0 aliphatic rings. The number of benzene rings is 1. The van der Waals surface area contributed by atoms with Crippen LogP contribution in [0.25, 0.3) is 21.8 Å². The van der Waals surface area contributed by atoms with Crippen LogP contribution < -0.4 is 5.32 Å². The van der Waals surface area contributed by atoms with E-state index in [4.69, 9.17) is 0 Å². The third-order valence-corrected chi connectivity index (χ3v) is 5.01. The summed E-state index contributed by atoms with van der Waals surface area (Å²) in [6.45, 7) is 0.376. The molecule has 0 bridgehead atoms. The molecule has 1 N–H and O–H groups in total. The minimum absolute atomic E-state index is 0.197. The maximum Gasteiger partial charge on any atom is 0.271 e. The number of rotatable bonds is 5. The molecule has 0 unspecified atom stereocenters. The smallest absolute Gasteiger partial charge is 0.271 e. The van der Waals surface area contributed by atoms with Gasteiger partial charge in [0.2, 0.25) is 0 Å². The average Bonchev–Trinajstić information content (AvgIpc) is 3.35. The van der Waals surface area contributed by atoms with E-state index in [1.807, 2.05) is 55.6 Å². The van der Waals surface area contributed by atoms with Crippen molar-refractivity contribution < 1.29 is 4.79 Å². The minimum Gasteiger partial charge on any atom is -0.345 e. The number of carbonyl (C=O) groups is 1. The number of amides is 1. The Hall–Kier alpha value is -3.32. The molecule has 27 heavy (non-hydrogen) atoms. The third-order valence-electron chi connectivity index (χ3n) is 4.12. The summed E-state index contributed by atoms with van der Waals surface area (Å²) >= 11 is 1.46. The van der Waals surface area contributed by atoms with Gasteiger partial charge in [0.15, 0.2) is 0 Å². The molecule has 1 aromatic carbocycles. The number of hydrogen-bond acceptors (Lipinski definition) is 5. The first kappa shape index (κ1) is 17.1. The molecule has 6 nitrogen and oxygen atoms in total. The standard InChI is InChI=1S/C20H17N5OS/c1-25-16(10-17(24-25)15-8-5-9-21-11-15)12-22-19(26)18-13-27-20(23-18)14-6-3-2-4-7-14/h2-11,13H,12H2,1H3,(H,22,26). The largest absolute Gasteiger partial charge is 0.345 e. The lowest BCUT2D eigenvalue weighted by molar-refractivity contribution is 0.0946. The van der Waals surface area contributed by atoms with Gasteiger partial charge in [0, 0.05) is 35.9 Å². The molecule has 0 saturated carbocycles. The molecule has 134 valence electrons. The van der Waals surface area contributed by atoms with E-state index in [0.29, 0.717) is 12.2 Å². The molecule has 4 rings (SSSR count). The molecule has 0 radical (unpaired) electrons. The summed E-state index contributed by atoms with van der Waals surface area (Å²) in [6, 6.07) is 15.6. The Bertz CT molecular complexity index is 1060. The predicted molar refractivity (Wildman–Crippen MR) is 105 cm³/mol. The van der Waals surface area contributed by atoms with Gasteiger partial charge in [0.25, 0.3) is 5.91 Å². The van der Waals surface area contributed by atoms with Crippen molar-refractivity contribution in [3.8, 4) is 21.8 Å². The van der Waals surface area contributed by atoms with Crippen LogP contribution in [-0.2, 0) is 13.6 Å².